The van der Waals surface area contributed by atoms with Crippen LogP contribution < -0.4 is 4.74 Å². The Balaban J connectivity index is 2.48. The van der Waals surface area contributed by atoms with Crippen LogP contribution in [0.5, 0.6) is 5.75 Å². The summed E-state index contributed by atoms with van der Waals surface area (Å²) in [5.41, 5.74) is 2.54. The Morgan fingerprint density at radius 1 is 1.35 bits per heavy atom. The quantitative estimate of drug-likeness (QED) is 0.639. The second kappa shape index (κ2) is 4.64. The first-order chi connectivity index (χ1) is 7.89. The second-order valence-electron chi connectivity index (χ2n) is 5.79. The first-order valence-electron chi connectivity index (χ1n) is 6.38. The number of ether oxygens (including phenoxy) is 1. The monoisotopic (exact) mass is 296 g/mol. The van der Waals surface area contributed by atoms with Gasteiger partial charge in [-0.3, -0.25) is 0 Å². The summed E-state index contributed by atoms with van der Waals surface area (Å²) in [6.07, 6.45) is 3.61. The summed E-state index contributed by atoms with van der Waals surface area (Å²) < 4.78 is 7.39. The lowest BCUT2D eigenvalue weighted by Crippen LogP contribution is -2.30. The molecule has 0 fully saturated rings. The van der Waals surface area contributed by atoms with Crippen LogP contribution >= 0.6 is 15.9 Å². The van der Waals surface area contributed by atoms with Crippen molar-refractivity contribution in [3.05, 3.63) is 27.7 Å². The van der Waals surface area contributed by atoms with Gasteiger partial charge in [0, 0.05) is 4.47 Å². The van der Waals surface area contributed by atoms with E-state index in [0.29, 0.717) is 5.92 Å². The van der Waals surface area contributed by atoms with Crippen molar-refractivity contribution in [1.29, 1.82) is 0 Å². The number of benzene rings is 1. The lowest BCUT2D eigenvalue weighted by molar-refractivity contribution is 0.0891. The van der Waals surface area contributed by atoms with E-state index in [9.17, 15) is 0 Å². The molecule has 0 spiro atoms. The molecule has 0 amide bonds. The van der Waals surface area contributed by atoms with Crippen LogP contribution in [0.2, 0.25) is 0 Å². The highest BCUT2D eigenvalue weighted by molar-refractivity contribution is 9.10. The molecule has 1 aliphatic heterocycles. The number of hydrogen-bond donors (Lipinski definition) is 0. The number of hydrogen-bond acceptors (Lipinski definition) is 1. The molecule has 2 rings (SSSR count). The molecule has 2 heteroatoms. The van der Waals surface area contributed by atoms with Crippen molar-refractivity contribution >= 4 is 15.9 Å². The fourth-order valence-corrected chi connectivity index (χ4v) is 2.84. The van der Waals surface area contributed by atoms with Crippen LogP contribution in [-0.2, 0) is 0 Å². The van der Waals surface area contributed by atoms with Crippen molar-refractivity contribution in [2.75, 3.05) is 0 Å². The maximum Gasteiger partial charge on any atom is 0.123 e. The third-order valence-electron chi connectivity index (χ3n) is 3.62. The Bertz CT molecular complexity index is 423. The molecule has 0 aromatic heterocycles. The summed E-state index contributed by atoms with van der Waals surface area (Å²) >= 11 is 3.62. The summed E-state index contributed by atoms with van der Waals surface area (Å²) in [5, 5.41) is 0. The van der Waals surface area contributed by atoms with Crippen molar-refractivity contribution in [3.8, 4) is 5.75 Å². The molecule has 0 bridgehead atoms. The van der Waals surface area contributed by atoms with Crippen LogP contribution in [0.4, 0.5) is 0 Å². The summed E-state index contributed by atoms with van der Waals surface area (Å²) in [4.78, 5) is 0. The Kier molecular flexibility index (Phi) is 3.53. The fourth-order valence-electron chi connectivity index (χ4n) is 2.48. The van der Waals surface area contributed by atoms with Crippen LogP contribution in [0.15, 0.2) is 16.6 Å². The highest BCUT2D eigenvalue weighted by Gasteiger charge is 2.26. The first-order valence-corrected chi connectivity index (χ1v) is 7.17. The second-order valence-corrected chi connectivity index (χ2v) is 6.65. The first kappa shape index (κ1) is 12.9. The third-order valence-corrected chi connectivity index (χ3v) is 4.48. The molecule has 17 heavy (non-hydrogen) atoms. The molecule has 0 radical (unpaired) electrons. The summed E-state index contributed by atoms with van der Waals surface area (Å²) in [6, 6.07) is 4.40. The Morgan fingerprint density at radius 3 is 2.76 bits per heavy atom. The van der Waals surface area contributed by atoms with Gasteiger partial charge in [-0.15, -0.1) is 0 Å². The Hall–Kier alpha value is -0.500. The zero-order valence-corrected chi connectivity index (χ0v) is 12.7. The zero-order chi connectivity index (χ0) is 12.6. The van der Waals surface area contributed by atoms with Gasteiger partial charge in [-0.2, -0.15) is 0 Å². The number of fused-ring (bicyclic) bond motifs is 1. The van der Waals surface area contributed by atoms with Crippen molar-refractivity contribution < 1.29 is 4.74 Å². The average Bonchev–Trinajstić information content (AvgIpc) is 2.20. The van der Waals surface area contributed by atoms with Gasteiger partial charge in [0.2, 0.25) is 0 Å². The predicted octanol–water partition coefficient (Wildman–Crippen LogP) is 5.20. The summed E-state index contributed by atoms with van der Waals surface area (Å²) in [6.45, 7) is 8.78. The highest BCUT2D eigenvalue weighted by Crippen LogP contribution is 2.39. The molecule has 1 atom stereocenters. The molecule has 0 N–H and O–H groups in total. The lowest BCUT2D eigenvalue weighted by Gasteiger charge is -2.32. The fraction of sp³-hybridized carbons (Fsp3) is 0.600. The molecular weight excluding hydrogens is 276 g/mol. The number of halogens is 1. The minimum Gasteiger partial charge on any atom is -0.488 e. The van der Waals surface area contributed by atoms with Crippen molar-refractivity contribution in [2.24, 2.45) is 0 Å². The van der Waals surface area contributed by atoms with Crippen molar-refractivity contribution in [3.63, 3.8) is 0 Å². The number of rotatable bonds is 0. The van der Waals surface area contributed by atoms with Crippen molar-refractivity contribution in [1.82, 2.24) is 0 Å². The van der Waals surface area contributed by atoms with Gasteiger partial charge in [-0.25, -0.2) is 0 Å². The van der Waals surface area contributed by atoms with Crippen LogP contribution in [0.25, 0.3) is 0 Å². The summed E-state index contributed by atoms with van der Waals surface area (Å²) in [5.74, 6) is 1.65. The molecular formula is C15H21BrO. The van der Waals surface area contributed by atoms with E-state index in [0.717, 1.165) is 12.2 Å². The van der Waals surface area contributed by atoms with Gasteiger partial charge in [0.1, 0.15) is 11.4 Å². The molecule has 94 valence electrons. The maximum atomic E-state index is 6.21. The molecule has 0 unspecified atom stereocenters. The maximum absolute atomic E-state index is 6.21. The lowest BCUT2D eigenvalue weighted by atomic mass is 9.89. The molecule has 1 aliphatic rings. The average molecular weight is 297 g/mol. The van der Waals surface area contributed by atoms with Crippen LogP contribution in [0, 0.1) is 6.92 Å². The third kappa shape index (κ3) is 2.85. The molecule has 1 nitrogen and oxygen atoms in total. The topological polar surface area (TPSA) is 9.23 Å². The SMILES string of the molecule is Cc1cc2c(cc1Br)[C@H](C)CCCC(C)(C)O2. The van der Waals surface area contributed by atoms with Gasteiger partial charge in [0.15, 0.2) is 0 Å². The molecule has 0 saturated heterocycles. The van der Waals surface area contributed by atoms with E-state index in [4.69, 9.17) is 4.74 Å². The van der Waals surface area contributed by atoms with E-state index >= 15 is 0 Å². The summed E-state index contributed by atoms with van der Waals surface area (Å²) in [7, 11) is 0. The van der Waals surface area contributed by atoms with E-state index < -0.39 is 0 Å². The van der Waals surface area contributed by atoms with Gasteiger partial charge in [0.25, 0.3) is 0 Å². The van der Waals surface area contributed by atoms with Crippen LogP contribution in [-0.4, -0.2) is 5.60 Å². The van der Waals surface area contributed by atoms with Gasteiger partial charge in [-0.1, -0.05) is 22.9 Å². The largest absolute Gasteiger partial charge is 0.488 e. The minimum atomic E-state index is -0.0465. The van der Waals surface area contributed by atoms with E-state index in [-0.39, 0.29) is 5.60 Å². The van der Waals surface area contributed by atoms with Gasteiger partial charge >= 0.3 is 0 Å². The van der Waals surface area contributed by atoms with E-state index in [2.05, 4.69) is 55.8 Å². The highest BCUT2D eigenvalue weighted by atomic mass is 79.9. The Morgan fingerprint density at radius 2 is 2.06 bits per heavy atom. The van der Waals surface area contributed by atoms with Crippen LogP contribution in [0.1, 0.15) is 57.1 Å². The minimum absolute atomic E-state index is 0.0465. The predicted molar refractivity (Wildman–Crippen MR) is 75.9 cm³/mol. The van der Waals surface area contributed by atoms with Crippen LogP contribution in [0.3, 0.4) is 0 Å². The smallest absolute Gasteiger partial charge is 0.123 e. The van der Waals surface area contributed by atoms with Crippen molar-refractivity contribution in [2.45, 2.75) is 58.5 Å². The zero-order valence-electron chi connectivity index (χ0n) is 11.1. The van der Waals surface area contributed by atoms with E-state index in [1.807, 2.05) is 0 Å². The molecule has 0 aliphatic carbocycles. The van der Waals surface area contributed by atoms with Gasteiger partial charge < -0.3 is 4.74 Å². The molecule has 1 aromatic rings. The number of aryl methyl sites for hydroxylation is 1. The van der Waals surface area contributed by atoms with E-state index in [1.165, 1.54) is 28.4 Å². The van der Waals surface area contributed by atoms with Gasteiger partial charge in [0.05, 0.1) is 0 Å². The molecule has 0 saturated carbocycles. The molecule has 1 aromatic carbocycles. The standard InChI is InChI=1S/C15H21BrO/c1-10-6-5-7-15(3,4)17-14-8-11(2)13(16)9-12(10)14/h8-10H,5-7H2,1-4H3/t10-/m1/s1. The van der Waals surface area contributed by atoms with E-state index in [1.54, 1.807) is 0 Å². The molecule has 1 heterocycles. The normalized spacial score (nSPS) is 23.2. The van der Waals surface area contributed by atoms with Gasteiger partial charge in [-0.05, 0) is 69.2 Å². The Labute approximate surface area is 113 Å².